The first-order valence-corrected chi connectivity index (χ1v) is 8.32. The Labute approximate surface area is 150 Å². The van der Waals surface area contributed by atoms with Crippen molar-refractivity contribution in [1.82, 2.24) is 10.3 Å². The van der Waals surface area contributed by atoms with E-state index >= 15 is 0 Å². The average molecular weight is 396 g/mol. The van der Waals surface area contributed by atoms with Crippen LogP contribution in [-0.2, 0) is 5.60 Å². The molecule has 0 aliphatic carbocycles. The number of pyridine rings is 1. The van der Waals surface area contributed by atoms with Crippen molar-refractivity contribution in [3.63, 3.8) is 0 Å². The zero-order valence-electron chi connectivity index (χ0n) is 14.5. The molecule has 2 N–H and O–H groups in total. The Morgan fingerprint density at radius 1 is 1.42 bits per heavy atom. The quantitative estimate of drug-likeness (QED) is 0.813. The molecule has 2 aromatic heterocycles. The first-order chi connectivity index (χ1) is 11.1. The highest BCUT2D eigenvalue weighted by atomic mass is 79.9. The fourth-order valence-corrected chi connectivity index (χ4v) is 2.90. The molecule has 2 heterocycles. The van der Waals surface area contributed by atoms with Crippen molar-refractivity contribution < 1.29 is 14.3 Å². The second kappa shape index (κ2) is 6.94. The summed E-state index contributed by atoms with van der Waals surface area (Å²) >= 11 is 3.33. The van der Waals surface area contributed by atoms with Gasteiger partial charge in [-0.25, -0.2) is 4.98 Å². The number of carbonyl (C=O) groups is 1. The highest BCUT2D eigenvalue weighted by molar-refractivity contribution is 9.10. The molecule has 0 radical (unpaired) electrons. The van der Waals surface area contributed by atoms with Crippen molar-refractivity contribution in [2.75, 3.05) is 25.5 Å². The summed E-state index contributed by atoms with van der Waals surface area (Å²) < 4.78 is 6.18. The smallest absolute Gasteiger partial charge is 0.255 e. The van der Waals surface area contributed by atoms with E-state index in [0.29, 0.717) is 27.2 Å². The van der Waals surface area contributed by atoms with E-state index in [9.17, 15) is 9.90 Å². The van der Waals surface area contributed by atoms with Crippen LogP contribution in [0, 0.1) is 13.8 Å². The standard InChI is InChI=1S/C17H22BrN3O3/c1-10-6-14(11(2)24-10)17(3,23)9-20-16(22)13-7-12(18)8-19-15(13)21(4)5/h6-8,23H,9H2,1-5H3,(H,20,22)/t17-/m0/s1. The van der Waals surface area contributed by atoms with Gasteiger partial charge in [0.1, 0.15) is 22.9 Å². The highest BCUT2D eigenvalue weighted by Crippen LogP contribution is 2.27. The number of aryl methyl sites for hydroxylation is 2. The Kier molecular flexibility index (Phi) is 5.35. The summed E-state index contributed by atoms with van der Waals surface area (Å²) in [5.74, 6) is 1.63. The van der Waals surface area contributed by atoms with Crippen molar-refractivity contribution in [3.05, 3.63) is 45.4 Å². The Balaban J connectivity index is 2.19. The molecule has 0 saturated heterocycles. The van der Waals surface area contributed by atoms with Gasteiger partial charge in [-0.1, -0.05) is 0 Å². The maximum atomic E-state index is 12.6. The van der Waals surface area contributed by atoms with Crippen LogP contribution in [0.25, 0.3) is 0 Å². The lowest BCUT2D eigenvalue weighted by Gasteiger charge is -2.24. The van der Waals surface area contributed by atoms with Crippen molar-refractivity contribution >= 4 is 27.7 Å². The van der Waals surface area contributed by atoms with E-state index in [-0.39, 0.29) is 12.5 Å². The number of rotatable bonds is 5. The van der Waals surface area contributed by atoms with Crippen LogP contribution in [0.3, 0.4) is 0 Å². The fraction of sp³-hybridized carbons (Fsp3) is 0.412. The van der Waals surface area contributed by atoms with Gasteiger partial charge in [-0.05, 0) is 48.8 Å². The third kappa shape index (κ3) is 3.96. The zero-order valence-corrected chi connectivity index (χ0v) is 16.1. The lowest BCUT2D eigenvalue weighted by Crippen LogP contribution is -2.39. The second-order valence-electron chi connectivity index (χ2n) is 6.20. The van der Waals surface area contributed by atoms with E-state index in [1.165, 1.54) is 0 Å². The highest BCUT2D eigenvalue weighted by Gasteiger charge is 2.29. The van der Waals surface area contributed by atoms with Crippen LogP contribution in [0.4, 0.5) is 5.82 Å². The van der Waals surface area contributed by atoms with Crippen LogP contribution in [0.2, 0.25) is 0 Å². The molecule has 0 aliphatic rings. The lowest BCUT2D eigenvalue weighted by molar-refractivity contribution is 0.0514. The number of aromatic nitrogens is 1. The number of aliphatic hydroxyl groups is 1. The normalized spacial score (nSPS) is 13.5. The molecule has 2 aromatic rings. The van der Waals surface area contributed by atoms with Gasteiger partial charge in [-0.2, -0.15) is 0 Å². The van der Waals surface area contributed by atoms with Crippen molar-refractivity contribution in [2.45, 2.75) is 26.4 Å². The molecule has 130 valence electrons. The van der Waals surface area contributed by atoms with Gasteiger partial charge in [0.25, 0.3) is 5.91 Å². The van der Waals surface area contributed by atoms with Gasteiger partial charge in [0.15, 0.2) is 0 Å². The van der Waals surface area contributed by atoms with E-state index in [4.69, 9.17) is 4.42 Å². The van der Waals surface area contributed by atoms with E-state index in [2.05, 4.69) is 26.2 Å². The topological polar surface area (TPSA) is 78.6 Å². The summed E-state index contributed by atoms with van der Waals surface area (Å²) in [5.41, 5.74) is -0.124. The Morgan fingerprint density at radius 2 is 2.08 bits per heavy atom. The summed E-state index contributed by atoms with van der Waals surface area (Å²) in [6.07, 6.45) is 1.64. The molecule has 0 fully saturated rings. The van der Waals surface area contributed by atoms with Crippen LogP contribution in [0.15, 0.2) is 27.2 Å². The second-order valence-corrected chi connectivity index (χ2v) is 7.12. The summed E-state index contributed by atoms with van der Waals surface area (Å²) in [7, 11) is 3.64. The molecule has 0 aromatic carbocycles. The average Bonchev–Trinajstić information content (AvgIpc) is 2.84. The van der Waals surface area contributed by atoms with Crippen LogP contribution >= 0.6 is 15.9 Å². The fourth-order valence-electron chi connectivity index (χ4n) is 2.56. The van der Waals surface area contributed by atoms with Crippen LogP contribution < -0.4 is 10.2 Å². The number of nitrogens with zero attached hydrogens (tertiary/aromatic N) is 2. The van der Waals surface area contributed by atoms with Crippen molar-refractivity contribution in [2.24, 2.45) is 0 Å². The summed E-state index contributed by atoms with van der Waals surface area (Å²) in [6, 6.07) is 3.49. The molecule has 7 heteroatoms. The maximum Gasteiger partial charge on any atom is 0.255 e. The summed E-state index contributed by atoms with van der Waals surface area (Å²) in [5, 5.41) is 13.5. The van der Waals surface area contributed by atoms with E-state index in [1.54, 1.807) is 37.1 Å². The molecule has 2 rings (SSSR count). The Bertz CT molecular complexity index is 754. The minimum atomic E-state index is -1.23. The van der Waals surface area contributed by atoms with Gasteiger partial charge >= 0.3 is 0 Å². The molecule has 0 saturated carbocycles. The van der Waals surface area contributed by atoms with Crippen molar-refractivity contribution in [3.8, 4) is 0 Å². The third-order valence-corrected chi connectivity index (χ3v) is 4.15. The van der Waals surface area contributed by atoms with Gasteiger partial charge in [0.2, 0.25) is 0 Å². The molecule has 0 spiro atoms. The van der Waals surface area contributed by atoms with Gasteiger partial charge in [0, 0.05) is 30.3 Å². The van der Waals surface area contributed by atoms with E-state index in [1.807, 2.05) is 21.0 Å². The van der Waals surface area contributed by atoms with Gasteiger partial charge in [-0.15, -0.1) is 0 Å². The molecule has 0 aliphatic heterocycles. The third-order valence-electron chi connectivity index (χ3n) is 3.72. The minimum Gasteiger partial charge on any atom is -0.466 e. The first kappa shape index (κ1) is 18.5. The molecular weight excluding hydrogens is 374 g/mol. The molecule has 24 heavy (non-hydrogen) atoms. The van der Waals surface area contributed by atoms with Gasteiger partial charge in [0.05, 0.1) is 12.1 Å². The predicted molar refractivity (Wildman–Crippen MR) is 96.4 cm³/mol. The molecule has 0 unspecified atom stereocenters. The van der Waals surface area contributed by atoms with Crippen LogP contribution in [0.1, 0.15) is 34.4 Å². The van der Waals surface area contributed by atoms with Gasteiger partial charge in [-0.3, -0.25) is 4.79 Å². The predicted octanol–water partition coefficient (Wildman–Crippen LogP) is 2.76. The molecule has 0 bridgehead atoms. The summed E-state index contributed by atoms with van der Waals surface area (Å²) in [6.45, 7) is 5.32. The number of furan rings is 1. The molecule has 6 nitrogen and oxygen atoms in total. The monoisotopic (exact) mass is 395 g/mol. The SMILES string of the molecule is Cc1cc([C@@](C)(O)CNC(=O)c2cc(Br)cnc2N(C)C)c(C)o1. The van der Waals surface area contributed by atoms with Crippen LogP contribution in [0.5, 0.6) is 0 Å². The minimum absolute atomic E-state index is 0.0605. The Hall–Kier alpha value is -1.86. The molecule has 1 amide bonds. The van der Waals surface area contributed by atoms with Gasteiger partial charge < -0.3 is 19.7 Å². The number of amides is 1. The Morgan fingerprint density at radius 3 is 2.62 bits per heavy atom. The number of nitrogens with one attached hydrogen (secondary N) is 1. The van der Waals surface area contributed by atoms with E-state index in [0.717, 1.165) is 5.76 Å². The number of hydrogen-bond donors (Lipinski definition) is 2. The number of anilines is 1. The van der Waals surface area contributed by atoms with Crippen LogP contribution in [-0.4, -0.2) is 36.6 Å². The first-order valence-electron chi connectivity index (χ1n) is 7.53. The largest absolute Gasteiger partial charge is 0.466 e. The maximum absolute atomic E-state index is 12.6. The number of hydrogen-bond acceptors (Lipinski definition) is 5. The zero-order chi connectivity index (χ0) is 18.1. The number of halogens is 1. The molecule has 1 atom stereocenters. The number of carbonyl (C=O) groups excluding carboxylic acids is 1. The lowest BCUT2D eigenvalue weighted by atomic mass is 9.96. The van der Waals surface area contributed by atoms with E-state index < -0.39 is 5.60 Å². The van der Waals surface area contributed by atoms with Crippen molar-refractivity contribution in [1.29, 1.82) is 0 Å². The summed E-state index contributed by atoms with van der Waals surface area (Å²) in [4.78, 5) is 18.6. The molecular formula is C17H22BrN3O3.